The number of anilines is 1. The minimum absolute atomic E-state index is 0.0626. The summed E-state index contributed by atoms with van der Waals surface area (Å²) in [6, 6.07) is 2.03. The standard InChI is InChI=1S/C9H14BrN3O/c1-6(2)13-8(4-5-11-13)12-9(14)7(3)10/h4-7H,1-3H3,(H,12,14). The molecule has 1 unspecified atom stereocenters. The van der Waals surface area contributed by atoms with Gasteiger partial charge in [-0.2, -0.15) is 5.10 Å². The highest BCUT2D eigenvalue weighted by molar-refractivity contribution is 9.10. The molecule has 1 rings (SSSR count). The average molecular weight is 260 g/mol. The second kappa shape index (κ2) is 4.59. The Hall–Kier alpha value is -0.840. The summed E-state index contributed by atoms with van der Waals surface area (Å²) in [5.74, 6) is 0.670. The summed E-state index contributed by atoms with van der Waals surface area (Å²) in [5, 5.41) is 6.90. The molecule has 4 nitrogen and oxygen atoms in total. The largest absolute Gasteiger partial charge is 0.310 e. The molecule has 0 aliphatic heterocycles. The van der Waals surface area contributed by atoms with Crippen molar-refractivity contribution in [2.24, 2.45) is 0 Å². The van der Waals surface area contributed by atoms with E-state index in [1.165, 1.54) is 0 Å². The zero-order valence-corrected chi connectivity index (χ0v) is 10.1. The van der Waals surface area contributed by atoms with Crippen molar-refractivity contribution in [2.45, 2.75) is 31.6 Å². The smallest absolute Gasteiger partial charge is 0.239 e. The monoisotopic (exact) mass is 259 g/mol. The predicted molar refractivity (Wildman–Crippen MR) is 59.6 cm³/mol. The van der Waals surface area contributed by atoms with Crippen molar-refractivity contribution in [1.82, 2.24) is 9.78 Å². The zero-order valence-electron chi connectivity index (χ0n) is 8.49. The van der Waals surface area contributed by atoms with Crippen molar-refractivity contribution in [2.75, 3.05) is 5.32 Å². The van der Waals surface area contributed by atoms with Crippen molar-refractivity contribution in [1.29, 1.82) is 0 Å². The van der Waals surface area contributed by atoms with Gasteiger partial charge < -0.3 is 5.32 Å². The molecule has 1 aromatic heterocycles. The summed E-state index contributed by atoms with van der Waals surface area (Å²) in [7, 11) is 0. The van der Waals surface area contributed by atoms with Crippen LogP contribution in [0, 0.1) is 0 Å². The molecule has 0 aliphatic rings. The number of carbonyl (C=O) groups is 1. The van der Waals surface area contributed by atoms with Crippen LogP contribution in [0.25, 0.3) is 0 Å². The molecular formula is C9H14BrN3O. The number of nitrogens with zero attached hydrogens (tertiary/aromatic N) is 2. The third-order valence-corrected chi connectivity index (χ3v) is 2.19. The van der Waals surface area contributed by atoms with Crippen LogP contribution in [0.1, 0.15) is 26.8 Å². The summed E-state index contributed by atoms with van der Waals surface area (Å²) in [4.78, 5) is 11.2. The summed E-state index contributed by atoms with van der Waals surface area (Å²) < 4.78 is 1.77. The predicted octanol–water partition coefficient (Wildman–Crippen LogP) is 2.19. The second-order valence-corrected chi connectivity index (χ2v) is 4.73. The number of hydrogen-bond donors (Lipinski definition) is 1. The summed E-state index contributed by atoms with van der Waals surface area (Å²) in [5.41, 5.74) is 0. The molecule has 0 aromatic carbocycles. The summed E-state index contributed by atoms with van der Waals surface area (Å²) in [6.07, 6.45) is 1.68. The lowest BCUT2D eigenvalue weighted by Gasteiger charge is -2.12. The fourth-order valence-electron chi connectivity index (χ4n) is 1.05. The molecule has 1 aromatic rings. The second-order valence-electron chi connectivity index (χ2n) is 3.36. The van der Waals surface area contributed by atoms with E-state index in [1.54, 1.807) is 23.9 Å². The topological polar surface area (TPSA) is 46.9 Å². The summed E-state index contributed by atoms with van der Waals surface area (Å²) >= 11 is 3.21. The van der Waals surface area contributed by atoms with E-state index in [-0.39, 0.29) is 16.8 Å². The minimum Gasteiger partial charge on any atom is -0.310 e. The van der Waals surface area contributed by atoms with Crippen LogP contribution in [0.5, 0.6) is 0 Å². The Kier molecular flexibility index (Phi) is 3.69. The average Bonchev–Trinajstić information content (AvgIpc) is 2.52. The first-order valence-electron chi connectivity index (χ1n) is 4.51. The van der Waals surface area contributed by atoms with E-state index in [0.29, 0.717) is 0 Å². The maximum atomic E-state index is 11.4. The van der Waals surface area contributed by atoms with E-state index in [9.17, 15) is 4.79 Å². The van der Waals surface area contributed by atoms with E-state index in [0.717, 1.165) is 5.82 Å². The first-order valence-corrected chi connectivity index (χ1v) is 5.42. The van der Waals surface area contributed by atoms with Crippen LogP contribution in [0.2, 0.25) is 0 Å². The number of carbonyl (C=O) groups excluding carboxylic acids is 1. The maximum absolute atomic E-state index is 11.4. The first-order chi connectivity index (χ1) is 6.52. The Morgan fingerprint density at radius 3 is 2.71 bits per heavy atom. The van der Waals surface area contributed by atoms with Crippen LogP contribution in [0.3, 0.4) is 0 Å². The molecule has 1 atom stereocenters. The van der Waals surface area contributed by atoms with Gasteiger partial charge in [0.05, 0.1) is 11.0 Å². The lowest BCUT2D eigenvalue weighted by Crippen LogP contribution is -2.22. The van der Waals surface area contributed by atoms with Gasteiger partial charge in [-0.25, -0.2) is 4.68 Å². The summed E-state index contributed by atoms with van der Waals surface area (Å²) in [6.45, 7) is 5.81. The van der Waals surface area contributed by atoms with E-state index in [1.807, 2.05) is 13.8 Å². The fourth-order valence-corrected chi connectivity index (χ4v) is 1.16. The molecular weight excluding hydrogens is 246 g/mol. The molecule has 0 saturated heterocycles. The number of hydrogen-bond acceptors (Lipinski definition) is 2. The molecule has 1 amide bonds. The van der Waals surface area contributed by atoms with Crippen molar-refractivity contribution in [3.63, 3.8) is 0 Å². The van der Waals surface area contributed by atoms with Crippen molar-refractivity contribution in [3.05, 3.63) is 12.3 Å². The SMILES string of the molecule is CC(Br)C(=O)Nc1ccnn1C(C)C. The van der Waals surface area contributed by atoms with Crippen LogP contribution in [-0.4, -0.2) is 20.5 Å². The van der Waals surface area contributed by atoms with Gasteiger partial charge in [0.25, 0.3) is 0 Å². The lowest BCUT2D eigenvalue weighted by atomic mass is 10.4. The Labute approximate surface area is 91.8 Å². The van der Waals surface area contributed by atoms with Crippen molar-refractivity contribution in [3.8, 4) is 0 Å². The molecule has 78 valence electrons. The Morgan fingerprint density at radius 2 is 2.21 bits per heavy atom. The van der Waals surface area contributed by atoms with Gasteiger partial charge in [-0.3, -0.25) is 4.79 Å². The quantitative estimate of drug-likeness (QED) is 0.847. The molecule has 0 bridgehead atoms. The molecule has 0 radical (unpaired) electrons. The number of rotatable bonds is 3. The molecule has 1 heterocycles. The van der Waals surface area contributed by atoms with Gasteiger partial charge >= 0.3 is 0 Å². The molecule has 14 heavy (non-hydrogen) atoms. The van der Waals surface area contributed by atoms with Gasteiger partial charge in [-0.15, -0.1) is 0 Å². The van der Waals surface area contributed by atoms with Gasteiger partial charge in [-0.1, -0.05) is 15.9 Å². The Bertz CT molecular complexity index is 320. The van der Waals surface area contributed by atoms with Crippen molar-refractivity contribution >= 4 is 27.7 Å². The highest BCUT2D eigenvalue weighted by Crippen LogP contribution is 2.14. The van der Waals surface area contributed by atoms with Crippen LogP contribution in [0.15, 0.2) is 12.3 Å². The minimum atomic E-state index is -0.196. The van der Waals surface area contributed by atoms with Gasteiger partial charge in [0, 0.05) is 12.1 Å². The third-order valence-electron chi connectivity index (χ3n) is 1.77. The number of nitrogens with one attached hydrogen (secondary N) is 1. The van der Waals surface area contributed by atoms with Crippen LogP contribution < -0.4 is 5.32 Å². The van der Waals surface area contributed by atoms with Crippen molar-refractivity contribution < 1.29 is 4.79 Å². The van der Waals surface area contributed by atoms with E-state index < -0.39 is 0 Å². The molecule has 0 spiro atoms. The number of amides is 1. The van der Waals surface area contributed by atoms with E-state index in [2.05, 4.69) is 26.3 Å². The molecule has 0 saturated carbocycles. The number of aromatic nitrogens is 2. The lowest BCUT2D eigenvalue weighted by molar-refractivity contribution is -0.115. The van der Waals surface area contributed by atoms with Gasteiger partial charge in [0.1, 0.15) is 5.82 Å². The number of alkyl halides is 1. The van der Waals surface area contributed by atoms with E-state index in [4.69, 9.17) is 0 Å². The van der Waals surface area contributed by atoms with Crippen LogP contribution in [-0.2, 0) is 4.79 Å². The highest BCUT2D eigenvalue weighted by Gasteiger charge is 2.12. The van der Waals surface area contributed by atoms with Gasteiger partial charge in [0.2, 0.25) is 5.91 Å². The third kappa shape index (κ3) is 2.57. The Balaban J connectivity index is 2.76. The van der Waals surface area contributed by atoms with Gasteiger partial charge in [-0.05, 0) is 20.8 Å². The fraction of sp³-hybridized carbons (Fsp3) is 0.556. The normalized spacial score (nSPS) is 12.9. The molecule has 0 fully saturated rings. The highest BCUT2D eigenvalue weighted by atomic mass is 79.9. The molecule has 1 N–H and O–H groups in total. The van der Waals surface area contributed by atoms with Gasteiger partial charge in [0.15, 0.2) is 0 Å². The molecule has 5 heteroatoms. The number of halogens is 1. The van der Waals surface area contributed by atoms with Crippen LogP contribution in [0.4, 0.5) is 5.82 Å². The van der Waals surface area contributed by atoms with Crippen LogP contribution >= 0.6 is 15.9 Å². The first kappa shape index (κ1) is 11.2. The van der Waals surface area contributed by atoms with E-state index >= 15 is 0 Å². The Morgan fingerprint density at radius 1 is 1.57 bits per heavy atom. The zero-order chi connectivity index (χ0) is 10.7. The maximum Gasteiger partial charge on any atom is 0.239 e. The molecule has 0 aliphatic carbocycles.